The Hall–Kier alpha value is -0.990. The molecule has 1 amide bonds. The van der Waals surface area contributed by atoms with Crippen molar-refractivity contribution in [3.63, 3.8) is 0 Å². The first kappa shape index (κ1) is 8.11. The summed E-state index contributed by atoms with van der Waals surface area (Å²) >= 11 is 0. The van der Waals surface area contributed by atoms with E-state index in [1.165, 1.54) is 0 Å². The normalized spacial score (nSPS) is 17.9. The molecule has 0 spiro atoms. The number of nitrogens with two attached hydrogens (primary N) is 1. The summed E-state index contributed by atoms with van der Waals surface area (Å²) in [6, 6.07) is 0. The summed E-state index contributed by atoms with van der Waals surface area (Å²) in [5.74, 6) is 0.449. The zero-order valence-corrected chi connectivity index (χ0v) is 6.72. The first-order valence-corrected chi connectivity index (χ1v) is 3.90. The molecule has 11 heavy (non-hydrogen) atoms. The molecule has 0 aliphatic carbocycles. The van der Waals surface area contributed by atoms with E-state index in [1.807, 2.05) is 6.92 Å². The fourth-order valence-corrected chi connectivity index (χ4v) is 1.25. The molecule has 0 bridgehead atoms. The van der Waals surface area contributed by atoms with Crippen LogP contribution in [0.1, 0.15) is 26.2 Å². The Labute approximate surface area is 66.2 Å². The SMILES string of the molecule is CCC1=C(C(N)=O)CCCO1. The van der Waals surface area contributed by atoms with Crippen molar-refractivity contribution in [3.8, 4) is 0 Å². The van der Waals surface area contributed by atoms with Gasteiger partial charge in [-0.2, -0.15) is 0 Å². The molecule has 0 aromatic rings. The predicted molar refractivity (Wildman–Crippen MR) is 41.7 cm³/mol. The predicted octanol–water partition coefficient (Wildman–Crippen LogP) is 0.946. The topological polar surface area (TPSA) is 52.3 Å². The molecule has 62 valence electrons. The Bertz CT molecular complexity index is 196. The summed E-state index contributed by atoms with van der Waals surface area (Å²) in [4.78, 5) is 10.8. The fraction of sp³-hybridized carbons (Fsp3) is 0.625. The van der Waals surface area contributed by atoms with Crippen LogP contribution in [0.3, 0.4) is 0 Å². The van der Waals surface area contributed by atoms with Crippen molar-refractivity contribution < 1.29 is 9.53 Å². The molecule has 0 aromatic carbocycles. The lowest BCUT2D eigenvalue weighted by molar-refractivity contribution is -0.115. The molecule has 0 saturated carbocycles. The van der Waals surface area contributed by atoms with Gasteiger partial charge in [-0.25, -0.2) is 0 Å². The summed E-state index contributed by atoms with van der Waals surface area (Å²) in [6.07, 6.45) is 2.44. The van der Waals surface area contributed by atoms with Gasteiger partial charge in [-0.1, -0.05) is 6.92 Å². The van der Waals surface area contributed by atoms with Gasteiger partial charge in [0.2, 0.25) is 5.91 Å². The van der Waals surface area contributed by atoms with Crippen LogP contribution in [0.4, 0.5) is 0 Å². The molecule has 1 aliphatic rings. The molecule has 0 unspecified atom stereocenters. The van der Waals surface area contributed by atoms with Gasteiger partial charge in [0.05, 0.1) is 12.2 Å². The maximum atomic E-state index is 10.8. The van der Waals surface area contributed by atoms with E-state index in [0.29, 0.717) is 5.57 Å². The molecular weight excluding hydrogens is 142 g/mol. The maximum absolute atomic E-state index is 10.8. The highest BCUT2D eigenvalue weighted by Crippen LogP contribution is 2.20. The van der Waals surface area contributed by atoms with Gasteiger partial charge in [-0.15, -0.1) is 0 Å². The number of rotatable bonds is 2. The quantitative estimate of drug-likeness (QED) is 0.645. The Balaban J connectivity index is 2.81. The Morgan fingerprint density at radius 1 is 1.73 bits per heavy atom. The van der Waals surface area contributed by atoms with Crippen LogP contribution < -0.4 is 5.73 Å². The van der Waals surface area contributed by atoms with E-state index < -0.39 is 0 Å². The summed E-state index contributed by atoms with van der Waals surface area (Å²) in [5.41, 5.74) is 5.84. The lowest BCUT2D eigenvalue weighted by atomic mass is 10.1. The second-order valence-electron chi connectivity index (χ2n) is 2.57. The second kappa shape index (κ2) is 3.42. The average molecular weight is 155 g/mol. The summed E-state index contributed by atoms with van der Waals surface area (Å²) in [5, 5.41) is 0. The van der Waals surface area contributed by atoms with Gasteiger partial charge in [-0.3, -0.25) is 4.79 Å². The molecule has 3 heteroatoms. The van der Waals surface area contributed by atoms with Crippen LogP contribution in [-0.2, 0) is 9.53 Å². The van der Waals surface area contributed by atoms with Gasteiger partial charge in [0.15, 0.2) is 0 Å². The van der Waals surface area contributed by atoms with Crippen molar-refractivity contribution in [3.05, 3.63) is 11.3 Å². The minimum atomic E-state index is -0.332. The van der Waals surface area contributed by atoms with Crippen LogP contribution in [0, 0.1) is 0 Å². The molecule has 0 saturated heterocycles. The molecular formula is C8H13NO2. The second-order valence-corrected chi connectivity index (χ2v) is 2.57. The Kier molecular flexibility index (Phi) is 2.52. The Morgan fingerprint density at radius 3 is 2.91 bits per heavy atom. The minimum Gasteiger partial charge on any atom is -0.497 e. The number of carbonyl (C=O) groups is 1. The van der Waals surface area contributed by atoms with Crippen molar-refractivity contribution in [2.75, 3.05) is 6.61 Å². The largest absolute Gasteiger partial charge is 0.497 e. The van der Waals surface area contributed by atoms with Crippen molar-refractivity contribution in [1.29, 1.82) is 0 Å². The molecule has 0 aromatic heterocycles. The third kappa shape index (κ3) is 1.73. The number of allylic oxidation sites excluding steroid dienone is 1. The number of carbonyl (C=O) groups excluding carboxylic acids is 1. The van der Waals surface area contributed by atoms with E-state index >= 15 is 0 Å². The first-order valence-electron chi connectivity index (χ1n) is 3.90. The molecule has 1 aliphatic heterocycles. The summed E-state index contributed by atoms with van der Waals surface area (Å²) in [7, 11) is 0. The van der Waals surface area contributed by atoms with Gasteiger partial charge in [0.25, 0.3) is 0 Å². The van der Waals surface area contributed by atoms with Gasteiger partial charge in [0.1, 0.15) is 5.76 Å². The van der Waals surface area contributed by atoms with E-state index in [1.54, 1.807) is 0 Å². The smallest absolute Gasteiger partial charge is 0.248 e. The molecule has 2 N–H and O–H groups in total. The zero-order chi connectivity index (χ0) is 8.27. The van der Waals surface area contributed by atoms with Crippen LogP contribution in [0.15, 0.2) is 11.3 Å². The maximum Gasteiger partial charge on any atom is 0.248 e. The monoisotopic (exact) mass is 155 g/mol. The van der Waals surface area contributed by atoms with Gasteiger partial charge in [0, 0.05) is 6.42 Å². The summed E-state index contributed by atoms with van der Waals surface area (Å²) < 4.78 is 5.28. The number of primary amides is 1. The van der Waals surface area contributed by atoms with Gasteiger partial charge in [-0.05, 0) is 12.8 Å². The van der Waals surface area contributed by atoms with Crippen molar-refractivity contribution in [2.45, 2.75) is 26.2 Å². The zero-order valence-electron chi connectivity index (χ0n) is 6.72. The lowest BCUT2D eigenvalue weighted by Gasteiger charge is -2.18. The van der Waals surface area contributed by atoms with Gasteiger partial charge >= 0.3 is 0 Å². The highest BCUT2D eigenvalue weighted by Gasteiger charge is 2.16. The highest BCUT2D eigenvalue weighted by atomic mass is 16.5. The van der Waals surface area contributed by atoms with Crippen LogP contribution in [0.5, 0.6) is 0 Å². The summed E-state index contributed by atoms with van der Waals surface area (Å²) in [6.45, 7) is 2.68. The standard InChI is InChI=1S/C8H13NO2/c1-2-7-6(8(9)10)4-3-5-11-7/h2-5H2,1H3,(H2,9,10). The molecule has 0 atom stereocenters. The molecule has 1 rings (SSSR count). The molecule has 0 radical (unpaired) electrons. The number of amides is 1. The third-order valence-electron chi connectivity index (χ3n) is 1.80. The minimum absolute atomic E-state index is 0.332. The Morgan fingerprint density at radius 2 is 2.45 bits per heavy atom. The van der Waals surface area contributed by atoms with Crippen LogP contribution in [0.2, 0.25) is 0 Å². The number of hydrogen-bond acceptors (Lipinski definition) is 2. The third-order valence-corrected chi connectivity index (χ3v) is 1.80. The van der Waals surface area contributed by atoms with Crippen molar-refractivity contribution >= 4 is 5.91 Å². The molecule has 3 nitrogen and oxygen atoms in total. The average Bonchev–Trinajstić information content (AvgIpc) is 2.04. The van der Waals surface area contributed by atoms with E-state index in [9.17, 15) is 4.79 Å². The first-order chi connectivity index (χ1) is 5.25. The fourth-order valence-electron chi connectivity index (χ4n) is 1.25. The van der Waals surface area contributed by atoms with E-state index in [4.69, 9.17) is 10.5 Å². The van der Waals surface area contributed by atoms with Crippen LogP contribution in [-0.4, -0.2) is 12.5 Å². The van der Waals surface area contributed by atoms with Crippen molar-refractivity contribution in [2.24, 2.45) is 5.73 Å². The van der Waals surface area contributed by atoms with Crippen LogP contribution in [0.25, 0.3) is 0 Å². The molecule has 1 heterocycles. The number of ether oxygens (including phenoxy) is 1. The van der Waals surface area contributed by atoms with Crippen molar-refractivity contribution in [1.82, 2.24) is 0 Å². The van der Waals surface area contributed by atoms with E-state index in [-0.39, 0.29) is 5.91 Å². The lowest BCUT2D eigenvalue weighted by Crippen LogP contribution is -2.20. The van der Waals surface area contributed by atoms with E-state index in [0.717, 1.165) is 31.6 Å². The van der Waals surface area contributed by atoms with E-state index in [2.05, 4.69) is 0 Å². The number of hydrogen-bond donors (Lipinski definition) is 1. The van der Waals surface area contributed by atoms with Crippen LogP contribution >= 0.6 is 0 Å². The van der Waals surface area contributed by atoms with Gasteiger partial charge < -0.3 is 10.5 Å². The highest BCUT2D eigenvalue weighted by molar-refractivity contribution is 5.92. The molecule has 0 fully saturated rings.